The summed E-state index contributed by atoms with van der Waals surface area (Å²) < 4.78 is 1.54. The Morgan fingerprint density at radius 1 is 1.47 bits per heavy atom. The maximum Gasteiger partial charge on any atom is 0.252 e. The Balaban J connectivity index is 2.33. The zero-order valence-electron chi connectivity index (χ0n) is 11.0. The molecule has 2 heterocycles. The third-order valence-corrected chi connectivity index (χ3v) is 2.79. The number of rotatable bonds is 5. The van der Waals surface area contributed by atoms with Crippen LogP contribution in [0.4, 0.5) is 0 Å². The molecule has 0 aliphatic carbocycles. The molecule has 0 aliphatic heterocycles. The summed E-state index contributed by atoms with van der Waals surface area (Å²) in [7, 11) is 0. The summed E-state index contributed by atoms with van der Waals surface area (Å²) in [6.45, 7) is 5.15. The lowest BCUT2D eigenvalue weighted by molar-refractivity contribution is 0.564. The molecule has 98 valence electrons. The highest BCUT2D eigenvalue weighted by molar-refractivity contribution is 5.35. The molecule has 1 atom stereocenters. The van der Waals surface area contributed by atoms with E-state index >= 15 is 0 Å². The molecule has 0 fully saturated rings. The van der Waals surface area contributed by atoms with Gasteiger partial charge in [0.25, 0.3) is 5.82 Å². The van der Waals surface area contributed by atoms with Gasteiger partial charge in [0.05, 0.1) is 0 Å². The van der Waals surface area contributed by atoms with Crippen LogP contribution in [0.25, 0.3) is 5.82 Å². The molecule has 6 nitrogen and oxygen atoms in total. The van der Waals surface area contributed by atoms with Crippen LogP contribution in [-0.4, -0.2) is 26.3 Å². The van der Waals surface area contributed by atoms with Gasteiger partial charge in [0.1, 0.15) is 12.4 Å². The smallest absolute Gasteiger partial charge is 0.252 e. The number of nitrogens with zero attached hydrogens (tertiary/aromatic N) is 5. The average Bonchev–Trinajstić information content (AvgIpc) is 2.93. The van der Waals surface area contributed by atoms with Crippen molar-refractivity contribution in [1.29, 1.82) is 5.26 Å². The molecular weight excluding hydrogens is 240 g/mol. The van der Waals surface area contributed by atoms with Crippen LogP contribution in [-0.2, 0) is 0 Å². The van der Waals surface area contributed by atoms with Crippen LogP contribution >= 0.6 is 0 Å². The summed E-state index contributed by atoms with van der Waals surface area (Å²) in [6.07, 6.45) is 4.29. The van der Waals surface area contributed by atoms with Crippen molar-refractivity contribution in [2.45, 2.75) is 26.3 Å². The molecule has 0 aromatic carbocycles. The molecular formula is C13H16N6. The summed E-state index contributed by atoms with van der Waals surface area (Å²) in [5.74, 6) is 0.846. The van der Waals surface area contributed by atoms with Gasteiger partial charge in [0, 0.05) is 17.8 Å². The minimum atomic E-state index is 0.144. The first-order valence-corrected chi connectivity index (χ1v) is 6.26. The van der Waals surface area contributed by atoms with E-state index in [9.17, 15) is 0 Å². The summed E-state index contributed by atoms with van der Waals surface area (Å²) in [4.78, 5) is 8.24. The predicted molar refractivity (Wildman–Crippen MR) is 70.6 cm³/mol. The van der Waals surface area contributed by atoms with Crippen molar-refractivity contribution in [3.8, 4) is 11.9 Å². The van der Waals surface area contributed by atoms with Gasteiger partial charge in [-0.25, -0.2) is 14.6 Å². The Bertz CT molecular complexity index is 583. The van der Waals surface area contributed by atoms with Gasteiger partial charge in [-0.15, -0.1) is 5.10 Å². The maximum absolute atomic E-state index is 8.77. The third-order valence-electron chi connectivity index (χ3n) is 2.79. The van der Waals surface area contributed by atoms with Crippen molar-refractivity contribution in [3.63, 3.8) is 0 Å². The van der Waals surface area contributed by atoms with E-state index in [1.807, 2.05) is 18.2 Å². The second-order valence-corrected chi connectivity index (χ2v) is 4.22. The molecule has 2 rings (SSSR count). The minimum absolute atomic E-state index is 0.144. The van der Waals surface area contributed by atoms with Gasteiger partial charge in [-0.2, -0.15) is 5.26 Å². The van der Waals surface area contributed by atoms with E-state index in [1.54, 1.807) is 6.20 Å². The largest absolute Gasteiger partial charge is 0.310 e. The topological polar surface area (TPSA) is 79.4 Å². The molecule has 0 saturated heterocycles. The zero-order chi connectivity index (χ0) is 13.7. The van der Waals surface area contributed by atoms with Crippen LogP contribution in [0.2, 0.25) is 0 Å². The summed E-state index contributed by atoms with van der Waals surface area (Å²) in [5.41, 5.74) is 1.03. The molecule has 19 heavy (non-hydrogen) atoms. The van der Waals surface area contributed by atoms with Gasteiger partial charge >= 0.3 is 0 Å². The average molecular weight is 256 g/mol. The summed E-state index contributed by atoms with van der Waals surface area (Å²) in [6, 6.07) is 5.98. The molecule has 2 aromatic heterocycles. The first-order chi connectivity index (χ1) is 9.26. The third kappa shape index (κ3) is 2.95. The van der Waals surface area contributed by atoms with Crippen molar-refractivity contribution in [2.75, 3.05) is 6.54 Å². The number of nitriles is 1. The standard InChI is InChI=1S/C13H16N6/c1-3-6-15-10(2)11-5-4-7-16-13(11)19-9-17-12(8-14)18-19/h4-5,7,9-10,15H,3,6H2,1-2H3. The van der Waals surface area contributed by atoms with Gasteiger partial charge in [-0.1, -0.05) is 13.0 Å². The quantitative estimate of drug-likeness (QED) is 0.878. The lowest BCUT2D eigenvalue weighted by Crippen LogP contribution is -2.21. The van der Waals surface area contributed by atoms with Gasteiger partial charge in [-0.3, -0.25) is 0 Å². The molecule has 0 spiro atoms. The van der Waals surface area contributed by atoms with E-state index in [2.05, 4.69) is 34.2 Å². The zero-order valence-corrected chi connectivity index (χ0v) is 11.0. The van der Waals surface area contributed by atoms with Crippen LogP contribution < -0.4 is 5.32 Å². The molecule has 0 amide bonds. The van der Waals surface area contributed by atoms with Crippen LogP contribution in [0.5, 0.6) is 0 Å². The Hall–Kier alpha value is -2.26. The van der Waals surface area contributed by atoms with Gasteiger partial charge in [0.2, 0.25) is 0 Å². The summed E-state index contributed by atoms with van der Waals surface area (Å²) >= 11 is 0. The van der Waals surface area contributed by atoms with E-state index in [4.69, 9.17) is 5.26 Å². The van der Waals surface area contributed by atoms with Crippen LogP contribution in [0, 0.1) is 11.3 Å². The highest BCUT2D eigenvalue weighted by atomic mass is 15.4. The lowest BCUT2D eigenvalue weighted by atomic mass is 10.1. The maximum atomic E-state index is 8.77. The number of hydrogen-bond donors (Lipinski definition) is 1. The van der Waals surface area contributed by atoms with E-state index in [0.29, 0.717) is 5.82 Å². The monoisotopic (exact) mass is 256 g/mol. The molecule has 0 saturated carbocycles. The molecule has 6 heteroatoms. The Kier molecular flexibility index (Phi) is 4.21. The molecule has 0 aliphatic rings. The Morgan fingerprint density at radius 3 is 3.00 bits per heavy atom. The number of nitrogens with one attached hydrogen (secondary N) is 1. The predicted octanol–water partition coefficient (Wildman–Crippen LogP) is 1.59. The minimum Gasteiger partial charge on any atom is -0.310 e. The molecule has 0 radical (unpaired) electrons. The van der Waals surface area contributed by atoms with E-state index in [-0.39, 0.29) is 11.9 Å². The number of pyridine rings is 1. The SMILES string of the molecule is CCCNC(C)c1cccnc1-n1cnc(C#N)n1. The first-order valence-electron chi connectivity index (χ1n) is 6.26. The van der Waals surface area contributed by atoms with Crippen molar-refractivity contribution >= 4 is 0 Å². The van der Waals surface area contributed by atoms with Gasteiger partial charge in [0.15, 0.2) is 5.82 Å². The highest BCUT2D eigenvalue weighted by Crippen LogP contribution is 2.18. The Morgan fingerprint density at radius 2 is 2.32 bits per heavy atom. The molecule has 0 bridgehead atoms. The first kappa shape index (κ1) is 13.2. The van der Waals surface area contributed by atoms with E-state index < -0.39 is 0 Å². The second-order valence-electron chi connectivity index (χ2n) is 4.22. The number of aromatic nitrogens is 4. The van der Waals surface area contributed by atoms with Crippen LogP contribution in [0.3, 0.4) is 0 Å². The van der Waals surface area contributed by atoms with E-state index in [0.717, 1.165) is 18.5 Å². The second kappa shape index (κ2) is 6.07. The normalized spacial score (nSPS) is 12.1. The molecule has 2 aromatic rings. The highest BCUT2D eigenvalue weighted by Gasteiger charge is 2.13. The van der Waals surface area contributed by atoms with Crippen molar-refractivity contribution in [2.24, 2.45) is 0 Å². The van der Waals surface area contributed by atoms with Crippen LogP contribution in [0.15, 0.2) is 24.7 Å². The fraction of sp³-hybridized carbons (Fsp3) is 0.385. The lowest BCUT2D eigenvalue weighted by Gasteiger charge is -2.16. The molecule has 1 N–H and O–H groups in total. The van der Waals surface area contributed by atoms with Gasteiger partial charge in [-0.05, 0) is 26.0 Å². The van der Waals surface area contributed by atoms with Crippen molar-refractivity contribution in [1.82, 2.24) is 25.1 Å². The van der Waals surface area contributed by atoms with E-state index in [1.165, 1.54) is 11.0 Å². The fourth-order valence-electron chi connectivity index (χ4n) is 1.83. The van der Waals surface area contributed by atoms with Gasteiger partial charge < -0.3 is 5.32 Å². The fourth-order valence-corrected chi connectivity index (χ4v) is 1.83. The summed E-state index contributed by atoms with van der Waals surface area (Å²) in [5, 5.41) is 16.3. The molecule has 1 unspecified atom stereocenters. The number of hydrogen-bond acceptors (Lipinski definition) is 5. The Labute approximate surface area is 112 Å². The van der Waals surface area contributed by atoms with Crippen molar-refractivity contribution < 1.29 is 0 Å². The van der Waals surface area contributed by atoms with Crippen molar-refractivity contribution in [3.05, 3.63) is 36.0 Å². The van der Waals surface area contributed by atoms with Crippen LogP contribution in [0.1, 0.15) is 37.7 Å².